The molecule has 4 rings (SSSR count). The number of hydrogen-bond acceptors (Lipinski definition) is 3. The average Bonchev–Trinajstić information content (AvgIpc) is 3.28. The van der Waals surface area contributed by atoms with Gasteiger partial charge in [0.15, 0.2) is 0 Å². The quantitative estimate of drug-likeness (QED) is 0.768. The largest absolute Gasteiger partial charge is 0.338 e. The van der Waals surface area contributed by atoms with E-state index >= 15 is 0 Å². The molecule has 27 heavy (non-hydrogen) atoms. The Morgan fingerprint density at radius 3 is 2.74 bits per heavy atom. The third kappa shape index (κ3) is 2.52. The Morgan fingerprint density at radius 2 is 2.04 bits per heavy atom. The fourth-order valence-electron chi connectivity index (χ4n) is 4.71. The number of hydrogen-bond donors (Lipinski definition) is 3. The zero-order valence-electron chi connectivity index (χ0n) is 15.6. The zero-order valence-corrected chi connectivity index (χ0v) is 15.6. The van der Waals surface area contributed by atoms with Gasteiger partial charge in [-0.2, -0.15) is 0 Å². The highest BCUT2D eigenvalue weighted by Gasteiger charge is 2.58. The molecule has 0 radical (unpaired) electrons. The van der Waals surface area contributed by atoms with Crippen LogP contribution in [0, 0.1) is 6.92 Å². The molecule has 2 amide bonds. The molecule has 1 aromatic carbocycles. The van der Waals surface area contributed by atoms with E-state index in [1.54, 1.807) is 6.92 Å². The maximum Gasteiger partial charge on any atom is 0.267 e. The molecule has 0 unspecified atom stereocenters. The summed E-state index contributed by atoms with van der Waals surface area (Å²) >= 11 is 0. The fraction of sp³-hybridized carbons (Fsp3) is 0.450. The van der Waals surface area contributed by atoms with Gasteiger partial charge in [-0.15, -0.1) is 0 Å². The zero-order chi connectivity index (χ0) is 19.2. The number of anilines is 1. The molecule has 1 spiro atoms. The summed E-state index contributed by atoms with van der Waals surface area (Å²) in [5.41, 5.74) is 2.02. The van der Waals surface area contributed by atoms with E-state index in [0.29, 0.717) is 24.2 Å². The first kappa shape index (κ1) is 17.6. The van der Waals surface area contributed by atoms with E-state index in [-0.39, 0.29) is 29.8 Å². The molecule has 2 atom stereocenters. The Balaban J connectivity index is 1.69. The van der Waals surface area contributed by atoms with E-state index in [9.17, 15) is 14.4 Å². The first-order valence-corrected chi connectivity index (χ1v) is 9.45. The molecule has 0 saturated carbocycles. The first-order chi connectivity index (χ1) is 13.0. The minimum absolute atomic E-state index is 0.0203. The van der Waals surface area contributed by atoms with Crippen molar-refractivity contribution in [3.63, 3.8) is 0 Å². The number of benzene rings is 1. The summed E-state index contributed by atoms with van der Waals surface area (Å²) in [6.07, 6.45) is 2.27. The molecular formula is C20H24N4O3. The first-order valence-electron chi connectivity index (χ1n) is 9.45. The van der Waals surface area contributed by atoms with E-state index in [2.05, 4.69) is 22.4 Å². The van der Waals surface area contributed by atoms with Crippen molar-refractivity contribution in [3.8, 4) is 0 Å². The van der Waals surface area contributed by atoms with Crippen molar-refractivity contribution in [1.82, 2.24) is 15.1 Å². The molecule has 1 fully saturated rings. The number of nitrogens with zero attached hydrogens (tertiary/aromatic N) is 1. The Bertz CT molecular complexity index is 960. The van der Waals surface area contributed by atoms with Gasteiger partial charge in [-0.05, 0) is 31.4 Å². The second-order valence-corrected chi connectivity index (χ2v) is 7.47. The van der Waals surface area contributed by atoms with Crippen molar-refractivity contribution in [2.24, 2.45) is 0 Å². The number of aromatic amines is 2. The van der Waals surface area contributed by atoms with Gasteiger partial charge in [-0.3, -0.25) is 19.5 Å². The van der Waals surface area contributed by atoms with E-state index in [1.165, 1.54) is 0 Å². The van der Waals surface area contributed by atoms with Crippen LogP contribution in [0.2, 0.25) is 0 Å². The lowest BCUT2D eigenvalue weighted by atomic mass is 9.73. The summed E-state index contributed by atoms with van der Waals surface area (Å²) in [6.45, 7) is 4.36. The monoisotopic (exact) mass is 368 g/mol. The van der Waals surface area contributed by atoms with Gasteiger partial charge in [0.2, 0.25) is 11.8 Å². The van der Waals surface area contributed by atoms with Crippen LogP contribution in [0.15, 0.2) is 29.1 Å². The molecule has 3 heterocycles. The average molecular weight is 368 g/mol. The van der Waals surface area contributed by atoms with Gasteiger partial charge < -0.3 is 15.3 Å². The SMILES string of the molecule is CCC[C@@H]1N(C(=O)Cc2c(C)[nH][nH]c2=O)CC[C@@]12C(=O)Nc1ccccc12. The maximum atomic E-state index is 13.1. The Kier molecular flexibility index (Phi) is 4.17. The predicted molar refractivity (Wildman–Crippen MR) is 102 cm³/mol. The van der Waals surface area contributed by atoms with Gasteiger partial charge in [-0.1, -0.05) is 31.5 Å². The number of aryl methyl sites for hydroxylation is 1. The predicted octanol–water partition coefficient (Wildman–Crippen LogP) is 1.85. The number of nitrogens with one attached hydrogen (secondary N) is 3. The molecule has 7 nitrogen and oxygen atoms in total. The van der Waals surface area contributed by atoms with Crippen LogP contribution in [-0.2, 0) is 21.4 Å². The Hall–Kier alpha value is -2.83. The topological polar surface area (TPSA) is 98.1 Å². The van der Waals surface area contributed by atoms with Gasteiger partial charge in [0.1, 0.15) is 0 Å². The number of para-hydroxylation sites is 1. The number of carbonyl (C=O) groups excluding carboxylic acids is 2. The van der Waals surface area contributed by atoms with Crippen LogP contribution >= 0.6 is 0 Å². The van der Waals surface area contributed by atoms with Crippen molar-refractivity contribution in [2.75, 3.05) is 11.9 Å². The minimum atomic E-state index is -0.693. The van der Waals surface area contributed by atoms with Crippen LogP contribution in [0.5, 0.6) is 0 Å². The fourth-order valence-corrected chi connectivity index (χ4v) is 4.71. The number of aromatic nitrogens is 2. The van der Waals surface area contributed by atoms with Gasteiger partial charge in [0.05, 0.1) is 17.9 Å². The smallest absolute Gasteiger partial charge is 0.267 e. The number of amides is 2. The number of H-pyrrole nitrogens is 2. The molecular weight excluding hydrogens is 344 g/mol. The van der Waals surface area contributed by atoms with E-state index in [1.807, 2.05) is 29.2 Å². The summed E-state index contributed by atoms with van der Waals surface area (Å²) in [6, 6.07) is 7.56. The molecule has 1 aromatic heterocycles. The Labute approximate surface area is 157 Å². The summed E-state index contributed by atoms with van der Waals surface area (Å²) in [7, 11) is 0. The van der Waals surface area contributed by atoms with Crippen molar-refractivity contribution >= 4 is 17.5 Å². The molecule has 0 bridgehead atoms. The number of rotatable bonds is 4. The van der Waals surface area contributed by atoms with Gasteiger partial charge in [0.25, 0.3) is 5.56 Å². The van der Waals surface area contributed by atoms with E-state index in [4.69, 9.17) is 0 Å². The van der Waals surface area contributed by atoms with Crippen LogP contribution in [0.25, 0.3) is 0 Å². The van der Waals surface area contributed by atoms with Crippen molar-refractivity contribution in [1.29, 1.82) is 0 Å². The summed E-state index contributed by atoms with van der Waals surface area (Å²) in [5, 5.41) is 8.29. The molecule has 2 aliphatic rings. The second-order valence-electron chi connectivity index (χ2n) is 7.47. The molecule has 7 heteroatoms. The normalized spacial score (nSPS) is 23.7. The standard InChI is InChI=1S/C20H24N4O3/c1-3-6-16-20(14-7-4-5-8-15(14)21-19(20)27)9-10-24(16)17(25)11-13-12(2)22-23-18(13)26/h4-5,7-8,16H,3,6,9-11H2,1-2H3,(H,21,27)(H2,22,23,26)/t16-,20-/m0/s1. The van der Waals surface area contributed by atoms with Crippen molar-refractivity contribution in [3.05, 3.63) is 51.4 Å². The molecule has 2 aromatic rings. The van der Waals surface area contributed by atoms with Gasteiger partial charge >= 0.3 is 0 Å². The van der Waals surface area contributed by atoms with Crippen molar-refractivity contribution < 1.29 is 9.59 Å². The summed E-state index contributed by atoms with van der Waals surface area (Å²) in [5.74, 6) is -0.121. The molecule has 0 aliphatic carbocycles. The van der Waals surface area contributed by atoms with Crippen molar-refractivity contribution in [2.45, 2.75) is 51.0 Å². The lowest BCUT2D eigenvalue weighted by Crippen LogP contribution is -2.49. The Morgan fingerprint density at radius 1 is 1.26 bits per heavy atom. The van der Waals surface area contributed by atoms with Crippen LogP contribution in [0.3, 0.4) is 0 Å². The highest BCUT2D eigenvalue weighted by atomic mass is 16.2. The summed E-state index contributed by atoms with van der Waals surface area (Å²) < 4.78 is 0. The molecule has 3 N–H and O–H groups in total. The second kappa shape index (κ2) is 6.40. The third-order valence-electron chi connectivity index (χ3n) is 6.05. The van der Waals surface area contributed by atoms with Gasteiger partial charge in [0, 0.05) is 23.5 Å². The van der Waals surface area contributed by atoms with E-state index < -0.39 is 5.41 Å². The lowest BCUT2D eigenvalue weighted by Gasteiger charge is -2.34. The lowest BCUT2D eigenvalue weighted by molar-refractivity contribution is -0.132. The van der Waals surface area contributed by atoms with E-state index in [0.717, 1.165) is 24.1 Å². The maximum absolute atomic E-state index is 13.1. The number of fused-ring (bicyclic) bond motifs is 2. The molecule has 1 saturated heterocycles. The van der Waals surface area contributed by atoms with Crippen LogP contribution < -0.4 is 10.9 Å². The van der Waals surface area contributed by atoms with Crippen LogP contribution in [0.1, 0.15) is 43.0 Å². The minimum Gasteiger partial charge on any atom is -0.338 e. The summed E-state index contributed by atoms with van der Waals surface area (Å²) in [4.78, 5) is 39.9. The molecule has 2 aliphatic heterocycles. The van der Waals surface area contributed by atoms with Crippen LogP contribution in [-0.4, -0.2) is 39.5 Å². The van der Waals surface area contributed by atoms with Crippen LogP contribution in [0.4, 0.5) is 5.69 Å². The third-order valence-corrected chi connectivity index (χ3v) is 6.05. The molecule has 142 valence electrons. The number of likely N-dealkylation sites (tertiary alicyclic amines) is 1. The highest BCUT2D eigenvalue weighted by Crippen LogP contribution is 2.49. The van der Waals surface area contributed by atoms with Gasteiger partial charge in [-0.25, -0.2) is 0 Å². The highest BCUT2D eigenvalue weighted by molar-refractivity contribution is 6.07. The number of carbonyl (C=O) groups is 2.